The lowest BCUT2D eigenvalue weighted by molar-refractivity contribution is 0.729. The maximum Gasteiger partial charge on any atom is 0.179 e. The molecule has 2 N–H and O–H groups in total. The Bertz CT molecular complexity index is 552. The molecular formula is C13H17N3S3. The average molecular weight is 312 g/mol. The Hall–Kier alpha value is -0.560. The molecule has 0 saturated heterocycles. The highest BCUT2D eigenvalue weighted by atomic mass is 32.2. The van der Waals surface area contributed by atoms with Crippen molar-refractivity contribution >= 4 is 34.9 Å². The summed E-state index contributed by atoms with van der Waals surface area (Å²) in [5.74, 6) is 0. The molecular weight excluding hydrogens is 294 g/mol. The van der Waals surface area contributed by atoms with Gasteiger partial charge >= 0.3 is 0 Å². The Morgan fingerprint density at radius 3 is 2.68 bits per heavy atom. The third-order valence-corrected chi connectivity index (χ3v) is 5.59. The molecule has 1 aromatic carbocycles. The predicted molar refractivity (Wildman–Crippen MR) is 84.3 cm³/mol. The molecule has 0 fully saturated rings. The summed E-state index contributed by atoms with van der Waals surface area (Å²) in [4.78, 5) is 1.23. The number of hydrogen-bond acceptors (Lipinski definition) is 6. The molecule has 2 rings (SSSR count). The first-order valence-corrected chi connectivity index (χ1v) is 8.84. The SMILES string of the molecule is CSc1nnc(Sc2ccc(C)cc2CC(C)N)s1. The van der Waals surface area contributed by atoms with Crippen molar-refractivity contribution in [2.45, 2.75) is 39.9 Å². The second-order valence-electron chi connectivity index (χ2n) is 4.43. The molecule has 19 heavy (non-hydrogen) atoms. The van der Waals surface area contributed by atoms with Crippen molar-refractivity contribution in [1.82, 2.24) is 10.2 Å². The number of rotatable bonds is 5. The van der Waals surface area contributed by atoms with Gasteiger partial charge in [-0.3, -0.25) is 0 Å². The smallest absolute Gasteiger partial charge is 0.179 e. The van der Waals surface area contributed by atoms with E-state index in [1.807, 2.05) is 13.2 Å². The van der Waals surface area contributed by atoms with Gasteiger partial charge in [0.25, 0.3) is 0 Å². The van der Waals surface area contributed by atoms with E-state index in [-0.39, 0.29) is 6.04 Å². The Morgan fingerprint density at radius 2 is 2.05 bits per heavy atom. The van der Waals surface area contributed by atoms with Gasteiger partial charge in [-0.05, 0) is 38.2 Å². The van der Waals surface area contributed by atoms with Crippen molar-refractivity contribution in [3.05, 3.63) is 29.3 Å². The number of thioether (sulfide) groups is 1. The van der Waals surface area contributed by atoms with Crippen LogP contribution in [0.1, 0.15) is 18.1 Å². The molecule has 0 aliphatic rings. The van der Waals surface area contributed by atoms with Crippen LogP contribution in [0.3, 0.4) is 0 Å². The van der Waals surface area contributed by atoms with Crippen LogP contribution in [0, 0.1) is 6.92 Å². The number of nitrogens with zero attached hydrogens (tertiary/aromatic N) is 2. The minimum absolute atomic E-state index is 0.164. The van der Waals surface area contributed by atoms with Crippen LogP contribution in [0.4, 0.5) is 0 Å². The molecule has 1 atom stereocenters. The van der Waals surface area contributed by atoms with Crippen molar-refractivity contribution in [2.75, 3.05) is 6.26 Å². The number of hydrogen-bond donors (Lipinski definition) is 1. The summed E-state index contributed by atoms with van der Waals surface area (Å²) in [6, 6.07) is 6.65. The lowest BCUT2D eigenvalue weighted by Gasteiger charge is -2.11. The van der Waals surface area contributed by atoms with E-state index in [1.54, 1.807) is 34.9 Å². The first-order chi connectivity index (χ1) is 9.08. The molecule has 0 aliphatic carbocycles. The van der Waals surface area contributed by atoms with Crippen molar-refractivity contribution < 1.29 is 0 Å². The summed E-state index contributed by atoms with van der Waals surface area (Å²) in [5.41, 5.74) is 8.48. The van der Waals surface area contributed by atoms with Crippen LogP contribution in [-0.2, 0) is 6.42 Å². The molecule has 0 saturated carbocycles. The fraction of sp³-hybridized carbons (Fsp3) is 0.385. The quantitative estimate of drug-likeness (QED) is 0.855. The van der Waals surface area contributed by atoms with Gasteiger partial charge in [0, 0.05) is 10.9 Å². The molecule has 0 aliphatic heterocycles. The number of benzene rings is 1. The second kappa shape index (κ2) is 6.74. The van der Waals surface area contributed by atoms with E-state index in [4.69, 9.17) is 5.73 Å². The molecule has 102 valence electrons. The first kappa shape index (κ1) is 14.8. The predicted octanol–water partition coefficient (Wildman–Crippen LogP) is 3.61. The Labute approximate surface area is 126 Å². The van der Waals surface area contributed by atoms with Gasteiger partial charge in [-0.2, -0.15) is 0 Å². The third kappa shape index (κ3) is 4.21. The Kier molecular flexibility index (Phi) is 5.27. The fourth-order valence-electron chi connectivity index (χ4n) is 1.73. The minimum Gasteiger partial charge on any atom is -0.328 e. The van der Waals surface area contributed by atoms with E-state index in [0.717, 1.165) is 15.1 Å². The van der Waals surface area contributed by atoms with E-state index in [9.17, 15) is 0 Å². The Morgan fingerprint density at radius 1 is 1.32 bits per heavy atom. The van der Waals surface area contributed by atoms with E-state index in [2.05, 4.69) is 35.3 Å². The monoisotopic (exact) mass is 311 g/mol. The van der Waals surface area contributed by atoms with Gasteiger partial charge in [-0.15, -0.1) is 10.2 Å². The highest BCUT2D eigenvalue weighted by Crippen LogP contribution is 2.35. The largest absolute Gasteiger partial charge is 0.328 e. The van der Waals surface area contributed by atoms with Gasteiger partial charge in [0.1, 0.15) is 0 Å². The summed E-state index contributed by atoms with van der Waals surface area (Å²) >= 11 is 4.94. The van der Waals surface area contributed by atoms with Crippen LogP contribution in [0.2, 0.25) is 0 Å². The molecule has 0 radical (unpaired) electrons. The minimum atomic E-state index is 0.164. The molecule has 1 unspecified atom stereocenters. The van der Waals surface area contributed by atoms with Gasteiger partial charge in [-0.1, -0.05) is 52.6 Å². The molecule has 1 aromatic heterocycles. The zero-order valence-electron chi connectivity index (χ0n) is 11.2. The highest BCUT2D eigenvalue weighted by Gasteiger charge is 2.10. The zero-order chi connectivity index (χ0) is 13.8. The van der Waals surface area contributed by atoms with Crippen LogP contribution in [0.5, 0.6) is 0 Å². The summed E-state index contributed by atoms with van der Waals surface area (Å²) in [5, 5.41) is 8.33. The molecule has 0 amide bonds. The van der Waals surface area contributed by atoms with Crippen LogP contribution >= 0.6 is 34.9 Å². The summed E-state index contributed by atoms with van der Waals surface area (Å²) in [6.45, 7) is 4.14. The number of aromatic nitrogens is 2. The second-order valence-corrected chi connectivity index (χ2v) is 7.75. The lowest BCUT2D eigenvalue weighted by Crippen LogP contribution is -2.18. The number of nitrogens with two attached hydrogens (primary N) is 1. The van der Waals surface area contributed by atoms with Crippen molar-refractivity contribution in [1.29, 1.82) is 0 Å². The van der Waals surface area contributed by atoms with Crippen LogP contribution < -0.4 is 5.73 Å². The summed E-state index contributed by atoms with van der Waals surface area (Å²) in [7, 11) is 0. The van der Waals surface area contributed by atoms with Crippen molar-refractivity contribution in [2.24, 2.45) is 5.73 Å². The normalized spacial score (nSPS) is 12.6. The first-order valence-electron chi connectivity index (χ1n) is 5.99. The molecule has 0 bridgehead atoms. The van der Waals surface area contributed by atoms with E-state index >= 15 is 0 Å². The number of aryl methyl sites for hydroxylation is 1. The van der Waals surface area contributed by atoms with E-state index in [1.165, 1.54) is 16.0 Å². The summed E-state index contributed by atoms with van der Waals surface area (Å²) in [6.07, 6.45) is 2.90. The molecule has 0 spiro atoms. The van der Waals surface area contributed by atoms with Gasteiger partial charge in [0.2, 0.25) is 0 Å². The molecule has 3 nitrogen and oxygen atoms in total. The van der Waals surface area contributed by atoms with Crippen molar-refractivity contribution in [3.63, 3.8) is 0 Å². The average Bonchev–Trinajstić information content (AvgIpc) is 2.80. The molecule has 6 heteroatoms. The molecule has 2 aromatic rings. The van der Waals surface area contributed by atoms with Gasteiger partial charge in [-0.25, -0.2) is 0 Å². The standard InChI is InChI=1S/C13H17N3S3/c1-8-4-5-11(10(6-8)7-9(2)14)18-13-16-15-12(17-3)19-13/h4-6,9H,7,14H2,1-3H3. The Balaban J connectivity index is 2.23. The fourth-order valence-corrected chi connectivity index (χ4v) is 4.24. The van der Waals surface area contributed by atoms with E-state index in [0.29, 0.717) is 0 Å². The summed E-state index contributed by atoms with van der Waals surface area (Å²) < 4.78 is 1.99. The topological polar surface area (TPSA) is 51.8 Å². The maximum absolute atomic E-state index is 5.92. The van der Waals surface area contributed by atoms with Crippen molar-refractivity contribution in [3.8, 4) is 0 Å². The zero-order valence-corrected chi connectivity index (χ0v) is 13.7. The lowest BCUT2D eigenvalue weighted by atomic mass is 10.1. The van der Waals surface area contributed by atoms with Gasteiger partial charge in [0.05, 0.1) is 0 Å². The molecule has 1 heterocycles. The van der Waals surface area contributed by atoms with Gasteiger partial charge in [0.15, 0.2) is 8.68 Å². The maximum atomic E-state index is 5.92. The third-order valence-electron chi connectivity index (χ3n) is 2.52. The van der Waals surface area contributed by atoms with Crippen LogP contribution in [0.25, 0.3) is 0 Å². The van der Waals surface area contributed by atoms with Crippen LogP contribution in [0.15, 0.2) is 31.8 Å². The van der Waals surface area contributed by atoms with Crippen LogP contribution in [-0.4, -0.2) is 22.5 Å². The van der Waals surface area contributed by atoms with Gasteiger partial charge < -0.3 is 5.73 Å². The van der Waals surface area contributed by atoms with E-state index < -0.39 is 0 Å². The highest BCUT2D eigenvalue weighted by molar-refractivity contribution is 8.03.